The Morgan fingerprint density at radius 2 is 2.17 bits per heavy atom. The van der Waals surface area contributed by atoms with Crippen LogP contribution in [0.2, 0.25) is 0 Å². The van der Waals surface area contributed by atoms with Crippen molar-refractivity contribution in [2.45, 2.75) is 19.4 Å². The highest BCUT2D eigenvalue weighted by Crippen LogP contribution is 2.12. The lowest BCUT2D eigenvalue weighted by Crippen LogP contribution is -2.10. The quantitative estimate of drug-likeness (QED) is 0.716. The number of aryl methyl sites for hydroxylation is 1. The molecule has 1 N–H and O–H groups in total. The van der Waals surface area contributed by atoms with Gasteiger partial charge in [0.25, 0.3) is 0 Å². The molecule has 1 aliphatic heterocycles. The van der Waals surface area contributed by atoms with E-state index in [4.69, 9.17) is 0 Å². The lowest BCUT2D eigenvalue weighted by molar-refractivity contribution is 0.481. The van der Waals surface area contributed by atoms with Gasteiger partial charge in [0, 0.05) is 18.9 Å². The van der Waals surface area contributed by atoms with Gasteiger partial charge in [-0.2, -0.15) is 0 Å². The van der Waals surface area contributed by atoms with Crippen molar-refractivity contribution in [1.29, 1.82) is 0 Å². The Morgan fingerprint density at radius 3 is 2.83 bits per heavy atom. The average molecular weight is 164 g/mol. The van der Waals surface area contributed by atoms with Crippen LogP contribution in [-0.2, 0) is 6.54 Å². The van der Waals surface area contributed by atoms with E-state index in [1.54, 1.807) is 0 Å². The molecule has 2 heterocycles. The molecule has 0 aliphatic carbocycles. The van der Waals surface area contributed by atoms with Crippen LogP contribution >= 0.6 is 0 Å². The Balaban J connectivity index is 1.74. The molecule has 1 atom stereocenters. The van der Waals surface area contributed by atoms with Crippen molar-refractivity contribution >= 4 is 0 Å². The molecule has 0 amide bonds. The molecule has 66 valence electrons. The summed E-state index contributed by atoms with van der Waals surface area (Å²) in [5.74, 6) is 0.910. The van der Waals surface area contributed by atoms with E-state index < -0.39 is 0 Å². The fourth-order valence-electron chi connectivity index (χ4n) is 1.81. The van der Waals surface area contributed by atoms with E-state index in [0.717, 1.165) is 5.92 Å². The fraction of sp³-hybridized carbons (Fsp3) is 0.600. The van der Waals surface area contributed by atoms with Gasteiger partial charge in [0.1, 0.15) is 0 Å². The molecule has 1 aromatic heterocycles. The van der Waals surface area contributed by atoms with Crippen molar-refractivity contribution in [1.82, 2.24) is 9.88 Å². The highest BCUT2D eigenvalue weighted by Gasteiger charge is 2.13. The zero-order valence-electron chi connectivity index (χ0n) is 7.37. The summed E-state index contributed by atoms with van der Waals surface area (Å²) in [5.41, 5.74) is 0. The molecule has 0 radical (unpaired) electrons. The normalized spacial score (nSPS) is 23.2. The Labute approximate surface area is 73.6 Å². The maximum Gasteiger partial charge on any atom is 0.0222 e. The van der Waals surface area contributed by atoms with Crippen molar-refractivity contribution in [3.63, 3.8) is 0 Å². The predicted octanol–water partition coefficient (Wildman–Crippen LogP) is 1.49. The van der Waals surface area contributed by atoms with Crippen LogP contribution in [-0.4, -0.2) is 17.7 Å². The molecule has 1 aromatic rings. The molecule has 2 nitrogen and oxygen atoms in total. The van der Waals surface area contributed by atoms with Crippen LogP contribution in [0.4, 0.5) is 0 Å². The minimum absolute atomic E-state index is 0.910. The largest absolute Gasteiger partial charge is 0.354 e. The smallest absolute Gasteiger partial charge is 0.0222 e. The highest BCUT2D eigenvalue weighted by atomic mass is 14.9. The Kier molecular flexibility index (Phi) is 2.47. The summed E-state index contributed by atoms with van der Waals surface area (Å²) < 4.78 is 2.26. The average Bonchev–Trinajstić information content (AvgIpc) is 2.74. The van der Waals surface area contributed by atoms with Crippen molar-refractivity contribution in [2.24, 2.45) is 5.92 Å². The molecule has 1 aliphatic rings. The minimum Gasteiger partial charge on any atom is -0.354 e. The third-order valence-corrected chi connectivity index (χ3v) is 2.62. The van der Waals surface area contributed by atoms with Gasteiger partial charge >= 0.3 is 0 Å². The third kappa shape index (κ3) is 1.89. The van der Waals surface area contributed by atoms with E-state index in [-0.39, 0.29) is 0 Å². The third-order valence-electron chi connectivity index (χ3n) is 2.62. The molecular formula is C10H16N2. The summed E-state index contributed by atoms with van der Waals surface area (Å²) in [5, 5.41) is 3.39. The van der Waals surface area contributed by atoms with Crippen LogP contribution in [0.5, 0.6) is 0 Å². The molecule has 12 heavy (non-hydrogen) atoms. The van der Waals surface area contributed by atoms with Crippen LogP contribution in [0.1, 0.15) is 12.8 Å². The van der Waals surface area contributed by atoms with Crippen molar-refractivity contribution in [3.8, 4) is 0 Å². The van der Waals surface area contributed by atoms with Gasteiger partial charge in [-0.15, -0.1) is 0 Å². The molecule has 1 unspecified atom stereocenters. The number of nitrogens with one attached hydrogen (secondary N) is 1. The van der Waals surface area contributed by atoms with Gasteiger partial charge in [-0.25, -0.2) is 0 Å². The maximum absolute atomic E-state index is 3.39. The topological polar surface area (TPSA) is 17.0 Å². The molecule has 2 rings (SSSR count). The summed E-state index contributed by atoms with van der Waals surface area (Å²) in [4.78, 5) is 0. The summed E-state index contributed by atoms with van der Waals surface area (Å²) in [6.45, 7) is 3.62. The molecule has 1 fully saturated rings. The van der Waals surface area contributed by atoms with Crippen LogP contribution in [0.15, 0.2) is 24.5 Å². The second-order valence-electron chi connectivity index (χ2n) is 3.57. The standard InChI is InChI=1S/C10H16N2/c1-2-7-12(6-1)8-4-10-3-5-11-9-10/h1-2,6-7,10-11H,3-5,8-9H2. The van der Waals surface area contributed by atoms with Gasteiger partial charge < -0.3 is 9.88 Å². The lowest BCUT2D eigenvalue weighted by atomic mass is 10.1. The number of hydrogen-bond donors (Lipinski definition) is 1. The second kappa shape index (κ2) is 3.76. The zero-order valence-corrected chi connectivity index (χ0v) is 7.37. The first kappa shape index (κ1) is 7.87. The van der Waals surface area contributed by atoms with Gasteiger partial charge in [-0.05, 0) is 44.0 Å². The Hall–Kier alpha value is -0.760. The molecule has 1 saturated heterocycles. The van der Waals surface area contributed by atoms with E-state index in [9.17, 15) is 0 Å². The highest BCUT2D eigenvalue weighted by molar-refractivity contribution is 4.90. The summed E-state index contributed by atoms with van der Waals surface area (Å²) in [6, 6.07) is 4.18. The van der Waals surface area contributed by atoms with Crippen molar-refractivity contribution < 1.29 is 0 Å². The number of nitrogens with zero attached hydrogens (tertiary/aromatic N) is 1. The SMILES string of the molecule is c1ccn(CCC2CCNC2)c1. The monoisotopic (exact) mass is 164 g/mol. The van der Waals surface area contributed by atoms with Crippen LogP contribution < -0.4 is 5.32 Å². The molecule has 0 spiro atoms. The maximum atomic E-state index is 3.39. The summed E-state index contributed by atoms with van der Waals surface area (Å²) in [6.07, 6.45) is 6.97. The van der Waals surface area contributed by atoms with Gasteiger partial charge in [0.05, 0.1) is 0 Å². The Morgan fingerprint density at radius 1 is 1.33 bits per heavy atom. The van der Waals surface area contributed by atoms with E-state index >= 15 is 0 Å². The predicted molar refractivity (Wildman–Crippen MR) is 50.0 cm³/mol. The first-order valence-electron chi connectivity index (χ1n) is 4.76. The second-order valence-corrected chi connectivity index (χ2v) is 3.57. The number of aromatic nitrogens is 1. The first-order chi connectivity index (χ1) is 5.95. The van der Waals surface area contributed by atoms with Gasteiger partial charge in [0.2, 0.25) is 0 Å². The number of rotatable bonds is 3. The van der Waals surface area contributed by atoms with Gasteiger partial charge in [-0.3, -0.25) is 0 Å². The van der Waals surface area contributed by atoms with Crippen LogP contribution in [0.3, 0.4) is 0 Å². The number of hydrogen-bond acceptors (Lipinski definition) is 1. The lowest BCUT2D eigenvalue weighted by Gasteiger charge is -2.08. The molecular weight excluding hydrogens is 148 g/mol. The molecule has 0 saturated carbocycles. The van der Waals surface area contributed by atoms with Crippen LogP contribution in [0.25, 0.3) is 0 Å². The first-order valence-corrected chi connectivity index (χ1v) is 4.76. The van der Waals surface area contributed by atoms with Gasteiger partial charge in [-0.1, -0.05) is 0 Å². The van der Waals surface area contributed by atoms with E-state index in [1.165, 1.54) is 32.5 Å². The van der Waals surface area contributed by atoms with E-state index in [0.29, 0.717) is 0 Å². The van der Waals surface area contributed by atoms with Crippen LogP contribution in [0, 0.1) is 5.92 Å². The molecule has 2 heteroatoms. The summed E-state index contributed by atoms with van der Waals surface area (Å²) in [7, 11) is 0. The van der Waals surface area contributed by atoms with E-state index in [1.807, 2.05) is 0 Å². The van der Waals surface area contributed by atoms with Crippen molar-refractivity contribution in [3.05, 3.63) is 24.5 Å². The molecule has 0 aromatic carbocycles. The Bertz CT molecular complexity index is 210. The molecule has 0 bridgehead atoms. The fourth-order valence-corrected chi connectivity index (χ4v) is 1.81. The van der Waals surface area contributed by atoms with E-state index in [2.05, 4.69) is 34.4 Å². The summed E-state index contributed by atoms with van der Waals surface area (Å²) >= 11 is 0. The van der Waals surface area contributed by atoms with Crippen molar-refractivity contribution in [2.75, 3.05) is 13.1 Å². The van der Waals surface area contributed by atoms with Gasteiger partial charge in [0.15, 0.2) is 0 Å². The zero-order chi connectivity index (χ0) is 8.23. The minimum atomic E-state index is 0.910.